The van der Waals surface area contributed by atoms with E-state index < -0.39 is 11.8 Å². The third-order valence-corrected chi connectivity index (χ3v) is 5.70. The highest BCUT2D eigenvalue weighted by Crippen LogP contribution is 2.41. The van der Waals surface area contributed by atoms with E-state index in [0.717, 1.165) is 0 Å². The van der Waals surface area contributed by atoms with Crippen LogP contribution in [0.25, 0.3) is 6.08 Å². The fourth-order valence-electron chi connectivity index (χ4n) is 4.22. The molecule has 0 spiro atoms. The average molecular weight is 447 g/mol. The molecule has 1 aromatic rings. The summed E-state index contributed by atoms with van der Waals surface area (Å²) in [7, 11) is 4.59. The molecule has 2 aliphatic heterocycles. The summed E-state index contributed by atoms with van der Waals surface area (Å²) in [4.78, 5) is 13.2. The molecule has 1 saturated heterocycles. The second-order valence-electron chi connectivity index (χ2n) is 8.62. The Labute approximate surface area is 190 Å². The number of rotatable bonds is 3. The smallest absolute Gasteiger partial charge is 0.342 e. The van der Waals surface area contributed by atoms with Gasteiger partial charge in [-0.3, -0.25) is 0 Å². The van der Waals surface area contributed by atoms with Gasteiger partial charge in [-0.1, -0.05) is 31.2 Å². The van der Waals surface area contributed by atoms with Crippen LogP contribution in [0, 0.1) is 5.92 Å². The fraction of sp³-hybridized carbons (Fsp3) is 0.560. The van der Waals surface area contributed by atoms with E-state index in [2.05, 4.69) is 13.0 Å². The molecule has 1 unspecified atom stereocenters. The lowest BCUT2D eigenvalue weighted by Gasteiger charge is -2.22. The van der Waals surface area contributed by atoms with Gasteiger partial charge in [0, 0.05) is 24.0 Å². The van der Waals surface area contributed by atoms with Crippen LogP contribution in [0.5, 0.6) is 17.2 Å². The molecule has 0 radical (unpaired) electrons. The number of benzene rings is 1. The Morgan fingerprint density at radius 3 is 2.34 bits per heavy atom. The van der Waals surface area contributed by atoms with Gasteiger partial charge in [0.1, 0.15) is 17.4 Å². The van der Waals surface area contributed by atoms with Crippen molar-refractivity contribution in [3.63, 3.8) is 0 Å². The van der Waals surface area contributed by atoms with Crippen molar-refractivity contribution >= 4 is 12.0 Å². The molecular formula is C25H34O7. The molecule has 32 heavy (non-hydrogen) atoms. The number of ether oxygens (including phenoxy) is 6. The van der Waals surface area contributed by atoms with Crippen molar-refractivity contribution in [1.29, 1.82) is 0 Å². The predicted octanol–water partition coefficient (Wildman–Crippen LogP) is 4.78. The molecule has 176 valence electrons. The minimum absolute atomic E-state index is 0.0899. The van der Waals surface area contributed by atoms with Crippen molar-refractivity contribution in [3.05, 3.63) is 35.4 Å². The molecule has 2 aliphatic rings. The molecule has 0 amide bonds. The van der Waals surface area contributed by atoms with Gasteiger partial charge in [0.2, 0.25) is 0 Å². The topological polar surface area (TPSA) is 72.5 Å². The molecule has 3 rings (SSSR count). The van der Waals surface area contributed by atoms with Crippen molar-refractivity contribution in [3.8, 4) is 17.2 Å². The van der Waals surface area contributed by atoms with Crippen molar-refractivity contribution in [2.45, 2.75) is 64.6 Å². The van der Waals surface area contributed by atoms with Gasteiger partial charge in [0.05, 0.1) is 33.5 Å². The third-order valence-electron chi connectivity index (χ3n) is 5.70. The van der Waals surface area contributed by atoms with Gasteiger partial charge < -0.3 is 28.4 Å². The van der Waals surface area contributed by atoms with Gasteiger partial charge in [-0.25, -0.2) is 4.79 Å². The van der Waals surface area contributed by atoms with Crippen LogP contribution in [0.4, 0.5) is 0 Å². The highest BCUT2D eigenvalue weighted by molar-refractivity contribution is 5.98. The monoisotopic (exact) mass is 446 g/mol. The number of methoxy groups -OCH3 is 3. The Bertz CT molecular complexity index is 887. The molecule has 4 atom stereocenters. The van der Waals surface area contributed by atoms with Crippen LogP contribution in [0.2, 0.25) is 0 Å². The molecule has 1 aromatic carbocycles. The predicted molar refractivity (Wildman–Crippen MR) is 121 cm³/mol. The highest BCUT2D eigenvalue weighted by atomic mass is 16.8. The molecule has 0 bridgehead atoms. The molecular weight excluding hydrogens is 412 g/mol. The Hall–Kier alpha value is -2.51. The number of fused-ring (bicyclic) bond motifs is 2. The number of hydrogen-bond acceptors (Lipinski definition) is 7. The summed E-state index contributed by atoms with van der Waals surface area (Å²) in [5.41, 5.74) is 0.833. The quantitative estimate of drug-likeness (QED) is 0.489. The summed E-state index contributed by atoms with van der Waals surface area (Å²) in [5, 5.41) is 0. The Balaban J connectivity index is 2.11. The fourth-order valence-corrected chi connectivity index (χ4v) is 4.22. The Morgan fingerprint density at radius 2 is 1.69 bits per heavy atom. The van der Waals surface area contributed by atoms with E-state index in [0.29, 0.717) is 41.2 Å². The standard InChI is InChI=1S/C25H34O7/c1-15-10-8-11-16(2)30-24(26)21-17(23(29-7)20(28-6)14-19(21)27-5)12-9-13-18-22(15)32-25(3,4)31-18/h8-10,12,14-16,18,22H,11,13H2,1-7H3/b10-8-,12-9+/t15?,16-,18-,22+/m0/s1. The lowest BCUT2D eigenvalue weighted by atomic mass is 9.96. The summed E-state index contributed by atoms with van der Waals surface area (Å²) in [6, 6.07) is 1.63. The number of carbonyl (C=O) groups excluding carboxylic acids is 1. The molecule has 0 saturated carbocycles. The maximum atomic E-state index is 13.2. The van der Waals surface area contributed by atoms with Gasteiger partial charge in [-0.05, 0) is 27.2 Å². The molecule has 7 heteroatoms. The third kappa shape index (κ3) is 5.10. The zero-order chi connectivity index (χ0) is 23.5. The van der Waals surface area contributed by atoms with Crippen LogP contribution in [0.3, 0.4) is 0 Å². The van der Waals surface area contributed by atoms with E-state index in [1.54, 1.807) is 13.2 Å². The van der Waals surface area contributed by atoms with Crippen LogP contribution in [-0.4, -0.2) is 51.4 Å². The summed E-state index contributed by atoms with van der Waals surface area (Å²) in [6.07, 6.45) is 8.57. The molecule has 1 fully saturated rings. The minimum atomic E-state index is -0.659. The van der Waals surface area contributed by atoms with Crippen molar-refractivity contribution in [2.75, 3.05) is 21.3 Å². The molecule has 0 aliphatic carbocycles. The van der Waals surface area contributed by atoms with E-state index in [4.69, 9.17) is 28.4 Å². The first-order chi connectivity index (χ1) is 15.2. The SMILES string of the molecule is COc1cc(OC)c2c(c1OC)/C=C/C[C@@H]1OC(C)(C)O[C@@H]1C(C)/C=C\C[C@H](C)OC2=O. The summed E-state index contributed by atoms with van der Waals surface area (Å²) in [5.74, 6) is 0.259. The molecule has 0 N–H and O–H groups in total. The maximum absolute atomic E-state index is 13.2. The number of cyclic esters (lactones) is 1. The Morgan fingerprint density at radius 1 is 0.969 bits per heavy atom. The number of carbonyl (C=O) groups is 1. The highest BCUT2D eigenvalue weighted by Gasteiger charge is 2.42. The second kappa shape index (κ2) is 9.96. The van der Waals surface area contributed by atoms with Crippen molar-refractivity contribution < 1.29 is 33.2 Å². The Kier molecular flexibility index (Phi) is 7.51. The molecule has 0 aromatic heterocycles. The van der Waals surface area contributed by atoms with Crippen molar-refractivity contribution in [2.24, 2.45) is 5.92 Å². The second-order valence-corrected chi connectivity index (χ2v) is 8.62. The lowest BCUT2D eigenvalue weighted by molar-refractivity contribution is -0.148. The van der Waals surface area contributed by atoms with Crippen molar-refractivity contribution in [1.82, 2.24) is 0 Å². The summed E-state index contributed by atoms with van der Waals surface area (Å²) in [6.45, 7) is 7.83. The van der Waals surface area contributed by atoms with Gasteiger partial charge in [0.15, 0.2) is 17.3 Å². The van der Waals surface area contributed by atoms with Gasteiger partial charge in [0.25, 0.3) is 0 Å². The zero-order valence-electron chi connectivity index (χ0n) is 20.0. The first-order valence-corrected chi connectivity index (χ1v) is 10.9. The minimum Gasteiger partial charge on any atom is -0.496 e. The molecule has 2 heterocycles. The van der Waals surface area contributed by atoms with Gasteiger partial charge >= 0.3 is 5.97 Å². The first kappa shape index (κ1) is 24.1. The number of hydrogen-bond donors (Lipinski definition) is 0. The zero-order valence-corrected chi connectivity index (χ0v) is 20.0. The summed E-state index contributed by atoms with van der Waals surface area (Å²) >= 11 is 0. The van der Waals surface area contributed by atoms with Crippen LogP contribution in [-0.2, 0) is 14.2 Å². The van der Waals surface area contributed by atoms with E-state index in [1.165, 1.54) is 14.2 Å². The van der Waals surface area contributed by atoms with E-state index in [9.17, 15) is 4.79 Å². The van der Waals surface area contributed by atoms with Crippen LogP contribution in [0.1, 0.15) is 56.5 Å². The first-order valence-electron chi connectivity index (χ1n) is 10.9. The summed E-state index contributed by atoms with van der Waals surface area (Å²) < 4.78 is 34.7. The van der Waals surface area contributed by atoms with Gasteiger partial charge in [-0.2, -0.15) is 0 Å². The normalized spacial score (nSPS) is 29.7. The maximum Gasteiger partial charge on any atom is 0.342 e. The van der Waals surface area contributed by atoms with Crippen LogP contribution >= 0.6 is 0 Å². The van der Waals surface area contributed by atoms with E-state index >= 15 is 0 Å². The average Bonchev–Trinajstić information content (AvgIpc) is 3.06. The van der Waals surface area contributed by atoms with Crippen LogP contribution < -0.4 is 14.2 Å². The molecule has 7 nitrogen and oxygen atoms in total. The van der Waals surface area contributed by atoms with E-state index in [-0.39, 0.29) is 24.2 Å². The lowest BCUT2D eigenvalue weighted by Crippen LogP contribution is -2.28. The van der Waals surface area contributed by atoms with Gasteiger partial charge in [-0.15, -0.1) is 0 Å². The van der Waals surface area contributed by atoms with E-state index in [1.807, 2.05) is 39.0 Å². The number of esters is 1. The van der Waals surface area contributed by atoms with Crippen LogP contribution in [0.15, 0.2) is 24.3 Å². The largest absolute Gasteiger partial charge is 0.496 e.